The Morgan fingerprint density at radius 1 is 1.36 bits per heavy atom. The van der Waals surface area contributed by atoms with E-state index in [-0.39, 0.29) is 17.7 Å². The fraction of sp³-hybridized carbons (Fsp3) is 0.400. The van der Waals surface area contributed by atoms with Gasteiger partial charge in [0.2, 0.25) is 0 Å². The third kappa shape index (κ3) is 2.27. The van der Waals surface area contributed by atoms with E-state index in [2.05, 4.69) is 0 Å². The quantitative estimate of drug-likeness (QED) is 0.784. The summed E-state index contributed by atoms with van der Waals surface area (Å²) in [4.78, 5) is 0. The van der Waals surface area contributed by atoms with Crippen LogP contribution in [0.5, 0.6) is 0 Å². The van der Waals surface area contributed by atoms with Crippen LogP contribution in [-0.2, 0) is 0 Å². The first-order valence-electron chi connectivity index (χ1n) is 4.33. The Morgan fingerprint density at radius 2 is 2.00 bits per heavy atom. The van der Waals surface area contributed by atoms with Crippen LogP contribution in [0.2, 0.25) is 0 Å². The van der Waals surface area contributed by atoms with Gasteiger partial charge in [0.1, 0.15) is 0 Å². The predicted molar refractivity (Wildman–Crippen MR) is 50.2 cm³/mol. The fourth-order valence-corrected chi connectivity index (χ4v) is 1.31. The first-order chi connectivity index (χ1) is 6.56. The van der Waals surface area contributed by atoms with Crippen molar-refractivity contribution in [2.75, 3.05) is 6.54 Å². The Balaban J connectivity index is 3.15. The Hall–Kier alpha value is -1.00. The average Bonchev–Trinajstić information content (AvgIpc) is 2.16. The largest absolute Gasteiger partial charge is 0.387 e. The molecule has 0 aliphatic rings. The second kappa shape index (κ2) is 4.48. The van der Waals surface area contributed by atoms with E-state index < -0.39 is 12.5 Å². The van der Waals surface area contributed by atoms with Crippen molar-refractivity contribution in [2.24, 2.45) is 5.73 Å². The smallest absolute Gasteiger partial charge is 0.264 e. The van der Waals surface area contributed by atoms with Gasteiger partial charge in [-0.25, -0.2) is 8.78 Å². The van der Waals surface area contributed by atoms with Crippen LogP contribution >= 0.6 is 0 Å². The Morgan fingerprint density at radius 3 is 2.50 bits per heavy atom. The third-order valence-corrected chi connectivity index (χ3v) is 2.06. The van der Waals surface area contributed by atoms with Gasteiger partial charge in [-0.3, -0.25) is 0 Å². The highest BCUT2D eigenvalue weighted by Crippen LogP contribution is 2.27. The SMILES string of the molecule is Cc1ccc(C(F)F)c(C(O)CN)c1. The monoisotopic (exact) mass is 201 g/mol. The van der Waals surface area contributed by atoms with Crippen LogP contribution in [0.4, 0.5) is 8.78 Å². The molecule has 0 aliphatic carbocycles. The minimum Gasteiger partial charge on any atom is -0.387 e. The summed E-state index contributed by atoms with van der Waals surface area (Å²) in [5.41, 5.74) is 6.14. The molecular formula is C10H13F2NO. The lowest BCUT2D eigenvalue weighted by atomic mass is 10.00. The van der Waals surface area contributed by atoms with E-state index in [0.717, 1.165) is 5.56 Å². The topological polar surface area (TPSA) is 46.2 Å². The number of aliphatic hydroxyl groups excluding tert-OH is 1. The van der Waals surface area contributed by atoms with Gasteiger partial charge >= 0.3 is 0 Å². The van der Waals surface area contributed by atoms with Crippen LogP contribution in [0.25, 0.3) is 0 Å². The molecule has 0 fully saturated rings. The van der Waals surface area contributed by atoms with Crippen LogP contribution < -0.4 is 5.73 Å². The third-order valence-electron chi connectivity index (χ3n) is 2.06. The van der Waals surface area contributed by atoms with Gasteiger partial charge in [-0.1, -0.05) is 23.8 Å². The van der Waals surface area contributed by atoms with Crippen molar-refractivity contribution in [2.45, 2.75) is 19.5 Å². The van der Waals surface area contributed by atoms with Gasteiger partial charge in [0.05, 0.1) is 6.10 Å². The van der Waals surface area contributed by atoms with Crippen molar-refractivity contribution < 1.29 is 13.9 Å². The molecule has 2 nitrogen and oxygen atoms in total. The predicted octanol–water partition coefficient (Wildman–Crippen LogP) is 1.92. The van der Waals surface area contributed by atoms with Crippen LogP contribution in [0.3, 0.4) is 0 Å². The van der Waals surface area contributed by atoms with E-state index in [9.17, 15) is 13.9 Å². The van der Waals surface area contributed by atoms with Crippen molar-refractivity contribution in [1.82, 2.24) is 0 Å². The van der Waals surface area contributed by atoms with Gasteiger partial charge in [-0.05, 0) is 12.5 Å². The van der Waals surface area contributed by atoms with Gasteiger partial charge in [-0.15, -0.1) is 0 Å². The van der Waals surface area contributed by atoms with Crippen molar-refractivity contribution in [3.05, 3.63) is 34.9 Å². The van der Waals surface area contributed by atoms with E-state index >= 15 is 0 Å². The van der Waals surface area contributed by atoms with E-state index in [1.165, 1.54) is 6.07 Å². The molecule has 78 valence electrons. The maximum atomic E-state index is 12.5. The molecule has 0 spiro atoms. The molecule has 0 saturated heterocycles. The zero-order chi connectivity index (χ0) is 10.7. The number of aryl methyl sites for hydroxylation is 1. The standard InChI is InChI=1S/C10H13F2NO/c1-6-2-3-7(10(11)12)8(4-6)9(14)5-13/h2-4,9-10,14H,5,13H2,1H3. The van der Waals surface area contributed by atoms with Gasteiger partial charge in [0.25, 0.3) is 6.43 Å². The molecule has 0 aromatic heterocycles. The maximum absolute atomic E-state index is 12.5. The lowest BCUT2D eigenvalue weighted by Gasteiger charge is -2.14. The number of alkyl halides is 2. The van der Waals surface area contributed by atoms with Gasteiger partial charge in [0.15, 0.2) is 0 Å². The number of hydrogen-bond acceptors (Lipinski definition) is 2. The molecule has 1 aromatic rings. The molecule has 4 heteroatoms. The summed E-state index contributed by atoms with van der Waals surface area (Å²) in [6.07, 6.45) is -3.59. The summed E-state index contributed by atoms with van der Waals surface area (Å²) < 4.78 is 25.0. The summed E-state index contributed by atoms with van der Waals surface area (Å²) in [7, 11) is 0. The summed E-state index contributed by atoms with van der Waals surface area (Å²) >= 11 is 0. The molecule has 0 heterocycles. The van der Waals surface area contributed by atoms with Crippen molar-refractivity contribution in [3.8, 4) is 0 Å². The minimum atomic E-state index is -2.58. The van der Waals surface area contributed by atoms with Crippen LogP contribution in [0.15, 0.2) is 18.2 Å². The number of hydrogen-bond donors (Lipinski definition) is 2. The number of benzene rings is 1. The minimum absolute atomic E-state index is 0.0524. The Kier molecular flexibility index (Phi) is 3.55. The van der Waals surface area contributed by atoms with Crippen LogP contribution in [-0.4, -0.2) is 11.7 Å². The first kappa shape index (κ1) is 11.1. The number of aliphatic hydroxyl groups is 1. The fourth-order valence-electron chi connectivity index (χ4n) is 1.31. The molecule has 0 radical (unpaired) electrons. The van der Waals surface area contributed by atoms with E-state index in [4.69, 9.17) is 5.73 Å². The summed E-state index contributed by atoms with van der Waals surface area (Å²) in [5.74, 6) is 0. The second-order valence-electron chi connectivity index (χ2n) is 3.18. The molecule has 0 aliphatic heterocycles. The lowest BCUT2D eigenvalue weighted by Crippen LogP contribution is -2.13. The van der Waals surface area contributed by atoms with Crippen molar-refractivity contribution in [1.29, 1.82) is 0 Å². The molecule has 0 amide bonds. The summed E-state index contributed by atoms with van der Waals surface area (Å²) in [5, 5.41) is 9.43. The van der Waals surface area contributed by atoms with Gasteiger partial charge in [-0.2, -0.15) is 0 Å². The molecule has 1 unspecified atom stereocenters. The van der Waals surface area contributed by atoms with Gasteiger partial charge in [0, 0.05) is 12.1 Å². The van der Waals surface area contributed by atoms with E-state index in [1.807, 2.05) is 0 Å². The molecule has 1 atom stereocenters. The zero-order valence-corrected chi connectivity index (χ0v) is 7.87. The van der Waals surface area contributed by atoms with E-state index in [0.29, 0.717) is 0 Å². The number of rotatable bonds is 3. The molecular weight excluding hydrogens is 188 g/mol. The highest BCUT2D eigenvalue weighted by atomic mass is 19.3. The normalized spacial score (nSPS) is 13.3. The molecule has 0 saturated carbocycles. The summed E-state index contributed by atoms with van der Waals surface area (Å²) in [6.45, 7) is 1.73. The number of nitrogens with two attached hydrogens (primary N) is 1. The number of halogens is 2. The van der Waals surface area contributed by atoms with Crippen molar-refractivity contribution >= 4 is 0 Å². The Bertz CT molecular complexity index is 315. The van der Waals surface area contributed by atoms with Crippen LogP contribution in [0, 0.1) is 6.92 Å². The molecule has 0 bridgehead atoms. The highest BCUT2D eigenvalue weighted by molar-refractivity contribution is 5.34. The molecule has 3 N–H and O–H groups in total. The highest BCUT2D eigenvalue weighted by Gasteiger charge is 2.17. The maximum Gasteiger partial charge on any atom is 0.264 e. The molecule has 1 rings (SSSR count). The molecule has 14 heavy (non-hydrogen) atoms. The van der Waals surface area contributed by atoms with E-state index in [1.54, 1.807) is 19.1 Å². The lowest BCUT2D eigenvalue weighted by molar-refractivity contribution is 0.138. The van der Waals surface area contributed by atoms with Crippen molar-refractivity contribution in [3.63, 3.8) is 0 Å². The van der Waals surface area contributed by atoms with Gasteiger partial charge < -0.3 is 10.8 Å². The summed E-state index contributed by atoms with van der Waals surface area (Å²) in [6, 6.07) is 4.46. The molecule has 1 aromatic carbocycles. The first-order valence-corrected chi connectivity index (χ1v) is 4.33. The average molecular weight is 201 g/mol. The Labute approximate surface area is 81.4 Å². The second-order valence-corrected chi connectivity index (χ2v) is 3.18. The van der Waals surface area contributed by atoms with Crippen LogP contribution in [0.1, 0.15) is 29.2 Å². The zero-order valence-electron chi connectivity index (χ0n) is 7.87.